The van der Waals surface area contributed by atoms with Crippen LogP contribution in [0.4, 0.5) is 13.6 Å². The van der Waals surface area contributed by atoms with Crippen molar-refractivity contribution < 1.29 is 36.7 Å². The number of carbonyl (C=O) groups is 2. The lowest BCUT2D eigenvalue weighted by atomic mass is 10.4. The number of cyclic esters (lactones) is 1. The molecule has 0 aromatic carbocycles. The number of imide groups is 1. The summed E-state index contributed by atoms with van der Waals surface area (Å²) >= 11 is 0. The number of hydrogen-bond acceptors (Lipinski definition) is 6. The van der Waals surface area contributed by atoms with Crippen molar-refractivity contribution in [1.29, 1.82) is 0 Å². The van der Waals surface area contributed by atoms with Crippen LogP contribution in [-0.2, 0) is 23.1 Å². The van der Waals surface area contributed by atoms with Crippen molar-refractivity contribution in [2.24, 2.45) is 0 Å². The van der Waals surface area contributed by atoms with Crippen molar-refractivity contribution in [2.45, 2.75) is 19.5 Å². The van der Waals surface area contributed by atoms with Crippen molar-refractivity contribution in [3.8, 4) is 0 Å². The molecule has 7 nitrogen and oxygen atoms in total. The van der Waals surface area contributed by atoms with Crippen LogP contribution in [0.5, 0.6) is 0 Å². The average Bonchev–Trinajstić information content (AvgIpc) is 2.83. The molecule has 0 radical (unpaired) electrons. The maximum absolute atomic E-state index is 13.9. The van der Waals surface area contributed by atoms with E-state index in [1.165, 1.54) is 13.8 Å². The molecule has 1 aliphatic heterocycles. The van der Waals surface area contributed by atoms with E-state index < -0.39 is 25.3 Å². The third kappa shape index (κ3) is 4.09. The second-order valence-corrected chi connectivity index (χ2v) is 5.97. The molecule has 0 aliphatic carbocycles. The first-order chi connectivity index (χ1) is 9.77. The van der Waals surface area contributed by atoms with Gasteiger partial charge in [-0.15, -0.1) is 0 Å². The molecule has 1 saturated heterocycles. The molecule has 0 unspecified atom stereocenters. The summed E-state index contributed by atoms with van der Waals surface area (Å²) in [6, 6.07) is 0. The summed E-state index contributed by atoms with van der Waals surface area (Å²) < 4.78 is 53.3. The molecule has 0 saturated carbocycles. The van der Waals surface area contributed by atoms with E-state index in [0.717, 1.165) is 0 Å². The van der Waals surface area contributed by atoms with Crippen LogP contribution >= 0.6 is 7.60 Å². The molecule has 0 spiro atoms. The van der Waals surface area contributed by atoms with Gasteiger partial charge < -0.3 is 13.8 Å². The van der Waals surface area contributed by atoms with Gasteiger partial charge in [0.25, 0.3) is 5.91 Å². The molecule has 10 heteroatoms. The van der Waals surface area contributed by atoms with Crippen LogP contribution in [0.3, 0.4) is 0 Å². The standard InChI is InChI=1S/C11H16F2NO6P/c1-3-19-21(17,20-4-2)11(12,13)6-5-9(15)14-7-8-18-10(14)16/h5-6H,3-4,7-8H2,1-2H3/b6-5+. The van der Waals surface area contributed by atoms with Gasteiger partial charge in [-0.2, -0.15) is 8.78 Å². The molecule has 0 aromatic heterocycles. The molecule has 21 heavy (non-hydrogen) atoms. The number of amides is 2. The zero-order chi connectivity index (χ0) is 16.1. The molecule has 1 heterocycles. The molecule has 0 aromatic rings. The molecule has 0 atom stereocenters. The first-order valence-corrected chi connectivity index (χ1v) is 7.76. The lowest BCUT2D eigenvalue weighted by Gasteiger charge is -2.23. The van der Waals surface area contributed by atoms with E-state index in [4.69, 9.17) is 0 Å². The highest BCUT2D eigenvalue weighted by Gasteiger charge is 2.51. The van der Waals surface area contributed by atoms with Gasteiger partial charge in [0, 0.05) is 12.2 Å². The van der Waals surface area contributed by atoms with Gasteiger partial charge in [-0.05, 0) is 13.8 Å². The van der Waals surface area contributed by atoms with Gasteiger partial charge in [-0.1, -0.05) is 0 Å². The van der Waals surface area contributed by atoms with Crippen LogP contribution in [0, 0.1) is 0 Å². The largest absolute Gasteiger partial charge is 0.447 e. The predicted octanol–water partition coefficient (Wildman–Crippen LogP) is 2.38. The van der Waals surface area contributed by atoms with Crippen molar-refractivity contribution in [3.63, 3.8) is 0 Å². The van der Waals surface area contributed by atoms with E-state index in [0.29, 0.717) is 11.0 Å². The van der Waals surface area contributed by atoms with Crippen molar-refractivity contribution in [2.75, 3.05) is 26.4 Å². The lowest BCUT2D eigenvalue weighted by molar-refractivity contribution is -0.122. The lowest BCUT2D eigenvalue weighted by Crippen LogP contribution is -2.30. The number of allylic oxidation sites excluding steroid dienone is 1. The van der Waals surface area contributed by atoms with Gasteiger partial charge in [0.2, 0.25) is 0 Å². The number of halogens is 2. The predicted molar refractivity (Wildman–Crippen MR) is 68.0 cm³/mol. The summed E-state index contributed by atoms with van der Waals surface area (Å²) in [7, 11) is -4.73. The Morgan fingerprint density at radius 2 is 2.00 bits per heavy atom. The van der Waals surface area contributed by atoms with E-state index in [2.05, 4.69) is 13.8 Å². The number of carbonyl (C=O) groups excluding carboxylic acids is 2. The van der Waals surface area contributed by atoms with Gasteiger partial charge in [0.15, 0.2) is 0 Å². The Kier molecular flexibility index (Phi) is 6.00. The van der Waals surface area contributed by atoms with Crippen molar-refractivity contribution in [1.82, 2.24) is 4.90 Å². The van der Waals surface area contributed by atoms with Gasteiger partial charge in [0.1, 0.15) is 6.61 Å². The van der Waals surface area contributed by atoms with E-state index in [1.807, 2.05) is 0 Å². The molecule has 1 fully saturated rings. The number of hydrogen-bond donors (Lipinski definition) is 0. The Morgan fingerprint density at radius 1 is 1.43 bits per heavy atom. The number of alkyl halides is 2. The molecule has 1 aliphatic rings. The van der Waals surface area contributed by atoms with Crippen LogP contribution < -0.4 is 0 Å². The van der Waals surface area contributed by atoms with Crippen molar-refractivity contribution in [3.05, 3.63) is 12.2 Å². The zero-order valence-corrected chi connectivity index (χ0v) is 12.5. The molecule has 0 bridgehead atoms. The maximum Gasteiger partial charge on any atom is 0.416 e. The summed E-state index contributed by atoms with van der Waals surface area (Å²) in [6.45, 7) is 2.27. The summed E-state index contributed by atoms with van der Waals surface area (Å²) in [5.74, 6) is -0.989. The quantitative estimate of drug-likeness (QED) is 0.527. The summed E-state index contributed by atoms with van der Waals surface area (Å²) in [5.41, 5.74) is -3.99. The fourth-order valence-electron chi connectivity index (χ4n) is 1.50. The summed E-state index contributed by atoms with van der Waals surface area (Å²) in [4.78, 5) is 23.3. The maximum atomic E-state index is 13.9. The molecule has 2 amide bonds. The molecular formula is C11H16F2NO6P. The first-order valence-electron chi connectivity index (χ1n) is 6.22. The third-order valence-corrected chi connectivity index (χ3v) is 4.49. The average molecular weight is 327 g/mol. The Morgan fingerprint density at radius 3 is 2.43 bits per heavy atom. The van der Waals surface area contributed by atoms with Crippen LogP contribution in [0.25, 0.3) is 0 Å². The smallest absolute Gasteiger partial charge is 0.416 e. The van der Waals surface area contributed by atoms with Gasteiger partial charge in [-0.25, -0.2) is 9.69 Å². The highest BCUT2D eigenvalue weighted by molar-refractivity contribution is 7.55. The highest BCUT2D eigenvalue weighted by Crippen LogP contribution is 2.62. The normalized spacial score (nSPS) is 16.6. The van der Waals surface area contributed by atoms with Crippen LogP contribution in [0.1, 0.15) is 13.8 Å². The Bertz CT molecular complexity index is 471. The third-order valence-electron chi connectivity index (χ3n) is 2.42. The van der Waals surface area contributed by atoms with E-state index in [1.54, 1.807) is 0 Å². The second kappa shape index (κ2) is 7.11. The van der Waals surface area contributed by atoms with E-state index >= 15 is 0 Å². The number of rotatable bonds is 7. The van der Waals surface area contributed by atoms with Gasteiger partial charge in [-0.3, -0.25) is 9.36 Å². The molecular weight excluding hydrogens is 311 g/mol. The number of ether oxygens (including phenoxy) is 1. The fourth-order valence-corrected chi connectivity index (χ4v) is 2.85. The number of nitrogens with zero attached hydrogens (tertiary/aromatic N) is 1. The first kappa shape index (κ1) is 17.7. The minimum Gasteiger partial charge on any atom is -0.447 e. The monoisotopic (exact) mass is 327 g/mol. The van der Waals surface area contributed by atoms with Crippen LogP contribution in [0.15, 0.2) is 12.2 Å². The summed E-state index contributed by atoms with van der Waals surface area (Å²) in [6.07, 6.45) is -0.338. The van der Waals surface area contributed by atoms with Crippen molar-refractivity contribution >= 4 is 19.6 Å². The minimum atomic E-state index is -4.73. The second-order valence-electron chi connectivity index (χ2n) is 3.86. The van der Waals surface area contributed by atoms with Crippen LogP contribution in [-0.4, -0.2) is 48.9 Å². The Balaban J connectivity index is 2.86. The van der Waals surface area contributed by atoms with Gasteiger partial charge >= 0.3 is 19.4 Å². The minimum absolute atomic E-state index is 0.00515. The highest BCUT2D eigenvalue weighted by atomic mass is 31.2. The Hall–Kier alpha value is -1.31. The van der Waals surface area contributed by atoms with E-state index in [9.17, 15) is 22.9 Å². The topological polar surface area (TPSA) is 82.1 Å². The van der Waals surface area contributed by atoms with Crippen LogP contribution in [0.2, 0.25) is 0 Å². The van der Waals surface area contributed by atoms with E-state index in [-0.39, 0.29) is 32.4 Å². The summed E-state index contributed by atoms with van der Waals surface area (Å²) in [5, 5.41) is 0. The molecule has 0 N–H and O–H groups in total. The zero-order valence-electron chi connectivity index (χ0n) is 11.6. The van der Waals surface area contributed by atoms with Gasteiger partial charge in [0.05, 0.1) is 19.8 Å². The molecule has 120 valence electrons. The fraction of sp³-hybridized carbons (Fsp3) is 0.636. The molecule has 1 rings (SSSR count). The SMILES string of the molecule is CCOP(=O)(OCC)C(F)(F)/C=C/C(=O)N1CCOC1=O. The Labute approximate surface area is 120 Å².